The summed E-state index contributed by atoms with van der Waals surface area (Å²) in [6, 6.07) is 6.80. The lowest BCUT2D eigenvalue weighted by Crippen LogP contribution is -2.26. The van der Waals surface area contributed by atoms with Crippen LogP contribution < -0.4 is 10.6 Å². The van der Waals surface area contributed by atoms with Crippen LogP contribution in [0, 0.1) is 0 Å². The Morgan fingerprint density at radius 2 is 2.25 bits per heavy atom. The highest BCUT2D eigenvalue weighted by Gasteiger charge is 2.30. The highest BCUT2D eigenvalue weighted by Crippen LogP contribution is 2.33. The first-order valence-electron chi connectivity index (χ1n) is 7.18. The number of nitrogens with two attached hydrogens (primary N) is 1. The van der Waals surface area contributed by atoms with Crippen LogP contribution in [0.5, 0.6) is 0 Å². The summed E-state index contributed by atoms with van der Waals surface area (Å²) in [6.45, 7) is 3.06. The van der Waals surface area contributed by atoms with Crippen LogP contribution >= 0.6 is 11.3 Å². The first kappa shape index (κ1) is 13.4. The minimum atomic E-state index is 0.579. The highest BCUT2D eigenvalue weighted by molar-refractivity contribution is 7.09. The molecule has 0 aromatic carbocycles. The minimum Gasteiger partial charge on any atom is -0.384 e. The Labute approximate surface area is 123 Å². The molecule has 106 valence electrons. The molecular formula is C15H20N4S. The van der Waals surface area contributed by atoms with Crippen LogP contribution in [0.25, 0.3) is 0 Å². The number of nitrogens with zero attached hydrogens (tertiary/aromatic N) is 3. The van der Waals surface area contributed by atoms with Gasteiger partial charge in [-0.15, -0.1) is 11.3 Å². The number of nitrogen functional groups attached to an aromatic ring is 1. The number of aryl methyl sites for hydroxylation is 1. The van der Waals surface area contributed by atoms with Gasteiger partial charge in [-0.1, -0.05) is 13.0 Å². The number of rotatable bonds is 6. The second kappa shape index (κ2) is 5.79. The fourth-order valence-corrected chi connectivity index (χ4v) is 3.04. The van der Waals surface area contributed by atoms with Crippen LogP contribution in [0.15, 0.2) is 23.6 Å². The number of aromatic nitrogens is 2. The van der Waals surface area contributed by atoms with E-state index in [-0.39, 0.29) is 0 Å². The molecule has 2 aromatic heterocycles. The van der Waals surface area contributed by atoms with Crippen LogP contribution in [-0.2, 0) is 13.0 Å². The van der Waals surface area contributed by atoms with Gasteiger partial charge >= 0.3 is 0 Å². The summed E-state index contributed by atoms with van der Waals surface area (Å²) >= 11 is 1.79. The first-order chi connectivity index (χ1) is 9.76. The van der Waals surface area contributed by atoms with Crippen molar-refractivity contribution in [1.82, 2.24) is 9.97 Å². The van der Waals surface area contributed by atoms with Gasteiger partial charge in [0.05, 0.1) is 6.54 Å². The van der Waals surface area contributed by atoms with E-state index >= 15 is 0 Å². The van der Waals surface area contributed by atoms with Gasteiger partial charge in [-0.2, -0.15) is 0 Å². The fraction of sp³-hybridized carbons (Fsp3) is 0.467. The maximum Gasteiger partial charge on any atom is 0.134 e. The third kappa shape index (κ3) is 3.10. The Balaban J connectivity index is 1.86. The lowest BCUT2D eigenvalue weighted by molar-refractivity contribution is 0.763. The quantitative estimate of drug-likeness (QED) is 0.886. The molecule has 5 heteroatoms. The molecule has 2 aromatic rings. The molecule has 0 spiro atoms. The molecule has 0 atom stereocenters. The van der Waals surface area contributed by atoms with Gasteiger partial charge in [0.25, 0.3) is 0 Å². The highest BCUT2D eigenvalue weighted by atomic mass is 32.1. The number of hydrogen-bond donors (Lipinski definition) is 1. The summed E-state index contributed by atoms with van der Waals surface area (Å²) in [6.07, 6.45) is 4.42. The van der Waals surface area contributed by atoms with Crippen LogP contribution in [0.3, 0.4) is 0 Å². The van der Waals surface area contributed by atoms with Crippen molar-refractivity contribution in [1.29, 1.82) is 0 Å². The summed E-state index contributed by atoms with van der Waals surface area (Å²) in [4.78, 5) is 12.8. The lowest BCUT2D eigenvalue weighted by Gasteiger charge is -2.23. The maximum atomic E-state index is 5.95. The minimum absolute atomic E-state index is 0.579. The van der Waals surface area contributed by atoms with Gasteiger partial charge in [0.1, 0.15) is 17.5 Å². The normalized spacial score (nSPS) is 14.4. The molecule has 0 aliphatic heterocycles. The van der Waals surface area contributed by atoms with Crippen LogP contribution in [0.4, 0.5) is 11.6 Å². The summed E-state index contributed by atoms with van der Waals surface area (Å²) in [5.41, 5.74) is 5.95. The van der Waals surface area contributed by atoms with Gasteiger partial charge in [0, 0.05) is 23.4 Å². The lowest BCUT2D eigenvalue weighted by atomic mass is 10.3. The molecule has 2 N–H and O–H groups in total. The first-order valence-corrected chi connectivity index (χ1v) is 8.06. The Morgan fingerprint density at radius 3 is 2.90 bits per heavy atom. The second-order valence-electron chi connectivity index (χ2n) is 5.26. The van der Waals surface area contributed by atoms with Crippen molar-refractivity contribution in [3.05, 3.63) is 34.3 Å². The van der Waals surface area contributed by atoms with E-state index in [0.717, 1.165) is 31.0 Å². The average molecular weight is 288 g/mol. The zero-order valence-corrected chi connectivity index (χ0v) is 12.6. The van der Waals surface area contributed by atoms with Crippen molar-refractivity contribution in [3.63, 3.8) is 0 Å². The third-order valence-electron chi connectivity index (χ3n) is 3.44. The van der Waals surface area contributed by atoms with Gasteiger partial charge in [-0.3, -0.25) is 0 Å². The molecule has 1 saturated carbocycles. The number of anilines is 2. The Hall–Kier alpha value is -1.62. The fourth-order valence-electron chi connectivity index (χ4n) is 2.34. The molecule has 1 aliphatic carbocycles. The second-order valence-corrected chi connectivity index (χ2v) is 6.29. The number of hydrogen-bond acceptors (Lipinski definition) is 5. The molecule has 0 amide bonds. The summed E-state index contributed by atoms with van der Waals surface area (Å²) in [5.74, 6) is 2.42. The van der Waals surface area contributed by atoms with Gasteiger partial charge in [0.15, 0.2) is 0 Å². The zero-order valence-electron chi connectivity index (χ0n) is 11.7. The van der Waals surface area contributed by atoms with Gasteiger partial charge in [0.2, 0.25) is 0 Å². The van der Waals surface area contributed by atoms with E-state index in [1.54, 1.807) is 11.3 Å². The van der Waals surface area contributed by atoms with Crippen molar-refractivity contribution in [2.75, 3.05) is 10.6 Å². The van der Waals surface area contributed by atoms with Crippen LogP contribution in [-0.4, -0.2) is 16.0 Å². The third-order valence-corrected chi connectivity index (χ3v) is 4.30. The molecule has 20 heavy (non-hydrogen) atoms. The van der Waals surface area contributed by atoms with Crippen LogP contribution in [0.1, 0.15) is 36.9 Å². The molecule has 0 unspecified atom stereocenters. The molecule has 0 saturated heterocycles. The molecule has 1 fully saturated rings. The van der Waals surface area contributed by atoms with Crippen molar-refractivity contribution < 1.29 is 0 Å². The van der Waals surface area contributed by atoms with Crippen molar-refractivity contribution >= 4 is 23.0 Å². The van der Waals surface area contributed by atoms with Gasteiger partial charge in [-0.05, 0) is 30.7 Å². The largest absolute Gasteiger partial charge is 0.384 e. The molecule has 0 radical (unpaired) electrons. The molecule has 3 rings (SSSR count). The number of thiophene rings is 1. The maximum absolute atomic E-state index is 5.95. The SMILES string of the molecule is CCCc1nc(N)cc(N(Cc2cccs2)C2CC2)n1. The summed E-state index contributed by atoms with van der Waals surface area (Å²) < 4.78 is 0. The summed E-state index contributed by atoms with van der Waals surface area (Å²) in [7, 11) is 0. The topological polar surface area (TPSA) is 55.0 Å². The van der Waals surface area contributed by atoms with E-state index in [1.165, 1.54) is 17.7 Å². The smallest absolute Gasteiger partial charge is 0.134 e. The van der Waals surface area contributed by atoms with E-state index in [4.69, 9.17) is 10.7 Å². The van der Waals surface area contributed by atoms with Crippen molar-refractivity contribution in [2.24, 2.45) is 0 Å². The van der Waals surface area contributed by atoms with E-state index in [9.17, 15) is 0 Å². The predicted molar refractivity (Wildman–Crippen MR) is 84.0 cm³/mol. The van der Waals surface area contributed by atoms with Gasteiger partial charge < -0.3 is 10.6 Å². The standard InChI is InChI=1S/C15H20N4S/c1-2-4-14-17-13(16)9-15(18-14)19(11-6-7-11)10-12-5-3-8-20-12/h3,5,8-9,11H,2,4,6-7,10H2,1H3,(H2,16,17,18). The predicted octanol–water partition coefficient (Wildman–Crippen LogP) is 3.24. The van der Waals surface area contributed by atoms with Crippen LogP contribution in [0.2, 0.25) is 0 Å². The van der Waals surface area contributed by atoms with E-state index < -0.39 is 0 Å². The van der Waals surface area contributed by atoms with E-state index in [2.05, 4.69) is 34.3 Å². The molecule has 0 bridgehead atoms. The molecular weight excluding hydrogens is 268 g/mol. The Kier molecular flexibility index (Phi) is 3.87. The summed E-state index contributed by atoms with van der Waals surface area (Å²) in [5, 5.41) is 2.12. The Morgan fingerprint density at radius 1 is 1.40 bits per heavy atom. The molecule has 2 heterocycles. The van der Waals surface area contributed by atoms with Crippen molar-refractivity contribution in [3.8, 4) is 0 Å². The van der Waals surface area contributed by atoms with E-state index in [1.807, 2.05) is 6.07 Å². The van der Waals surface area contributed by atoms with E-state index in [0.29, 0.717) is 11.9 Å². The monoisotopic (exact) mass is 288 g/mol. The van der Waals surface area contributed by atoms with Gasteiger partial charge in [-0.25, -0.2) is 9.97 Å². The average Bonchev–Trinajstić information content (AvgIpc) is 3.12. The Bertz CT molecular complexity index is 563. The zero-order chi connectivity index (χ0) is 13.9. The molecule has 1 aliphatic rings. The van der Waals surface area contributed by atoms with Crippen molar-refractivity contribution in [2.45, 2.75) is 45.2 Å². The molecule has 4 nitrogen and oxygen atoms in total.